The summed E-state index contributed by atoms with van der Waals surface area (Å²) in [4.78, 5) is 38.9. The Bertz CT molecular complexity index is 395. The standard InChI is InChI=1S/C8H8N2O8/c11-5-1-3-7(9-5,15-13)17-18-8(16-14)4-2-6(12)10-8/h1-4,13-14H,(H,9,11)(H,10,12). The van der Waals surface area contributed by atoms with Crippen LogP contribution in [0.15, 0.2) is 24.3 Å². The molecule has 0 aromatic carbocycles. The van der Waals surface area contributed by atoms with Crippen LogP contribution in [0.25, 0.3) is 0 Å². The van der Waals surface area contributed by atoms with Gasteiger partial charge in [-0.15, -0.1) is 0 Å². The van der Waals surface area contributed by atoms with E-state index in [1.165, 1.54) is 0 Å². The van der Waals surface area contributed by atoms with E-state index in [-0.39, 0.29) is 0 Å². The molecule has 0 spiro atoms. The zero-order valence-electron chi connectivity index (χ0n) is 8.65. The largest absolute Gasteiger partial charge is 0.330 e. The summed E-state index contributed by atoms with van der Waals surface area (Å²) in [5.41, 5.74) is 0. The lowest BCUT2D eigenvalue weighted by Crippen LogP contribution is -2.52. The van der Waals surface area contributed by atoms with E-state index in [2.05, 4.69) is 30.2 Å². The molecule has 2 atom stereocenters. The van der Waals surface area contributed by atoms with Crippen LogP contribution in [0.2, 0.25) is 0 Å². The molecule has 0 aromatic rings. The minimum Gasteiger partial charge on any atom is -0.294 e. The molecule has 2 aliphatic rings. The van der Waals surface area contributed by atoms with Gasteiger partial charge in [0.25, 0.3) is 0 Å². The Morgan fingerprint density at radius 3 is 1.50 bits per heavy atom. The molecule has 10 nitrogen and oxygen atoms in total. The van der Waals surface area contributed by atoms with Crippen LogP contribution in [-0.4, -0.2) is 34.2 Å². The molecule has 10 heteroatoms. The highest BCUT2D eigenvalue weighted by molar-refractivity contribution is 5.91. The maximum absolute atomic E-state index is 10.9. The summed E-state index contributed by atoms with van der Waals surface area (Å²) in [6.45, 7) is 0. The molecular weight excluding hydrogens is 252 g/mol. The van der Waals surface area contributed by atoms with E-state index in [0.717, 1.165) is 24.3 Å². The Morgan fingerprint density at radius 2 is 1.28 bits per heavy atom. The Labute approximate surface area is 99.2 Å². The lowest BCUT2D eigenvalue weighted by atomic mass is 10.5. The average molecular weight is 260 g/mol. The van der Waals surface area contributed by atoms with Crippen LogP contribution in [0.1, 0.15) is 0 Å². The van der Waals surface area contributed by atoms with Crippen molar-refractivity contribution >= 4 is 11.8 Å². The molecule has 0 aromatic heterocycles. The minimum atomic E-state index is -2.09. The summed E-state index contributed by atoms with van der Waals surface area (Å²) in [7, 11) is 0. The number of amides is 2. The molecule has 2 heterocycles. The SMILES string of the molecule is O=C1C=CC(OO)(OOC2(OO)C=CC(=O)N2)N1. The maximum Gasteiger partial charge on any atom is 0.330 e. The topological polar surface area (TPSA) is 136 Å². The van der Waals surface area contributed by atoms with Gasteiger partial charge in [0.15, 0.2) is 0 Å². The molecule has 0 radical (unpaired) electrons. The van der Waals surface area contributed by atoms with Crippen molar-refractivity contribution in [3.05, 3.63) is 24.3 Å². The first-order chi connectivity index (χ1) is 8.53. The van der Waals surface area contributed by atoms with E-state index in [4.69, 9.17) is 10.5 Å². The van der Waals surface area contributed by atoms with E-state index >= 15 is 0 Å². The Morgan fingerprint density at radius 1 is 0.889 bits per heavy atom. The Balaban J connectivity index is 2.02. The Hall–Kier alpha value is -1.82. The fourth-order valence-electron chi connectivity index (χ4n) is 1.24. The third kappa shape index (κ3) is 2.24. The molecule has 0 saturated carbocycles. The molecule has 0 aliphatic carbocycles. The number of hydrogen-bond acceptors (Lipinski definition) is 8. The van der Waals surface area contributed by atoms with Crippen LogP contribution in [0.3, 0.4) is 0 Å². The highest BCUT2D eigenvalue weighted by Gasteiger charge is 2.44. The predicted octanol–water partition coefficient (Wildman–Crippen LogP) is -1.41. The van der Waals surface area contributed by atoms with Crippen molar-refractivity contribution in [3.63, 3.8) is 0 Å². The van der Waals surface area contributed by atoms with Gasteiger partial charge in [-0.25, -0.2) is 10.5 Å². The van der Waals surface area contributed by atoms with Gasteiger partial charge in [0, 0.05) is 24.3 Å². The van der Waals surface area contributed by atoms with Gasteiger partial charge >= 0.3 is 11.8 Å². The Kier molecular flexibility index (Phi) is 3.13. The lowest BCUT2D eigenvalue weighted by Gasteiger charge is -2.28. The normalized spacial score (nSPS) is 33.9. The second-order valence-corrected chi connectivity index (χ2v) is 3.33. The van der Waals surface area contributed by atoms with Gasteiger partial charge in [-0.3, -0.25) is 20.2 Å². The van der Waals surface area contributed by atoms with Crippen molar-refractivity contribution in [2.75, 3.05) is 0 Å². The van der Waals surface area contributed by atoms with E-state index in [9.17, 15) is 9.59 Å². The summed E-state index contributed by atoms with van der Waals surface area (Å²) in [6.07, 6.45) is 4.02. The van der Waals surface area contributed by atoms with Gasteiger partial charge in [-0.2, -0.15) is 19.6 Å². The number of nitrogens with one attached hydrogen (secondary N) is 2. The van der Waals surface area contributed by atoms with Gasteiger partial charge in [0.05, 0.1) is 0 Å². The van der Waals surface area contributed by atoms with Crippen LogP contribution < -0.4 is 10.6 Å². The summed E-state index contributed by atoms with van der Waals surface area (Å²) < 4.78 is 0. The van der Waals surface area contributed by atoms with Gasteiger partial charge in [-0.1, -0.05) is 0 Å². The zero-order chi connectivity index (χ0) is 13.2. The number of carbonyl (C=O) groups excluding carboxylic acids is 2. The van der Waals surface area contributed by atoms with Crippen LogP contribution in [0.4, 0.5) is 0 Å². The van der Waals surface area contributed by atoms with E-state index in [1.54, 1.807) is 0 Å². The van der Waals surface area contributed by atoms with Crippen molar-refractivity contribution in [2.24, 2.45) is 0 Å². The third-order valence-electron chi connectivity index (χ3n) is 2.06. The third-order valence-corrected chi connectivity index (χ3v) is 2.06. The van der Waals surface area contributed by atoms with Crippen molar-refractivity contribution in [2.45, 2.75) is 11.8 Å². The number of hydrogen-bond donors (Lipinski definition) is 4. The van der Waals surface area contributed by atoms with Crippen molar-refractivity contribution in [3.8, 4) is 0 Å². The van der Waals surface area contributed by atoms with Crippen LogP contribution in [0, 0.1) is 0 Å². The summed E-state index contributed by atoms with van der Waals surface area (Å²) in [6, 6.07) is 0. The molecule has 2 aliphatic heterocycles. The second kappa shape index (κ2) is 4.45. The molecule has 2 unspecified atom stereocenters. The van der Waals surface area contributed by atoms with E-state index in [1.807, 2.05) is 0 Å². The minimum absolute atomic E-state index is 0.613. The fourth-order valence-corrected chi connectivity index (χ4v) is 1.24. The summed E-state index contributed by atoms with van der Waals surface area (Å²) in [5, 5.41) is 21.4. The molecule has 0 bridgehead atoms. The van der Waals surface area contributed by atoms with Gasteiger partial charge < -0.3 is 0 Å². The monoisotopic (exact) mass is 260 g/mol. The average Bonchev–Trinajstić information content (AvgIpc) is 2.92. The first-order valence-corrected chi connectivity index (χ1v) is 4.58. The van der Waals surface area contributed by atoms with Crippen molar-refractivity contribution in [1.82, 2.24) is 10.6 Å². The van der Waals surface area contributed by atoms with Crippen LogP contribution in [0.5, 0.6) is 0 Å². The molecular formula is C8H8N2O8. The molecule has 0 fully saturated rings. The fraction of sp³-hybridized carbons (Fsp3) is 0.250. The molecule has 4 N–H and O–H groups in total. The van der Waals surface area contributed by atoms with E-state index in [0.29, 0.717) is 0 Å². The quantitative estimate of drug-likeness (QED) is 0.269. The highest BCUT2D eigenvalue weighted by atomic mass is 17.3. The first-order valence-electron chi connectivity index (χ1n) is 4.58. The van der Waals surface area contributed by atoms with Crippen LogP contribution >= 0.6 is 0 Å². The summed E-state index contributed by atoms with van der Waals surface area (Å²) >= 11 is 0. The lowest BCUT2D eigenvalue weighted by molar-refractivity contribution is -0.557. The number of carbonyl (C=O) groups is 2. The van der Waals surface area contributed by atoms with Crippen molar-refractivity contribution < 1.29 is 39.7 Å². The molecule has 2 amide bonds. The molecule has 98 valence electrons. The van der Waals surface area contributed by atoms with Gasteiger partial charge in [0.2, 0.25) is 11.8 Å². The highest BCUT2D eigenvalue weighted by Crippen LogP contribution is 2.22. The van der Waals surface area contributed by atoms with Crippen molar-refractivity contribution in [1.29, 1.82) is 0 Å². The second-order valence-electron chi connectivity index (χ2n) is 3.33. The molecule has 0 saturated heterocycles. The van der Waals surface area contributed by atoms with Gasteiger partial charge in [0.1, 0.15) is 0 Å². The smallest absolute Gasteiger partial charge is 0.294 e. The van der Waals surface area contributed by atoms with Gasteiger partial charge in [-0.05, 0) is 0 Å². The molecule has 18 heavy (non-hydrogen) atoms. The number of rotatable bonds is 5. The zero-order valence-corrected chi connectivity index (χ0v) is 8.65. The molecule has 2 rings (SSSR count). The maximum atomic E-state index is 10.9. The van der Waals surface area contributed by atoms with Crippen LogP contribution in [-0.2, 0) is 29.1 Å². The first kappa shape index (κ1) is 12.6. The van der Waals surface area contributed by atoms with E-state index < -0.39 is 23.6 Å². The predicted molar refractivity (Wildman–Crippen MR) is 49.6 cm³/mol. The summed E-state index contributed by atoms with van der Waals surface area (Å²) in [5.74, 6) is -5.41.